The van der Waals surface area contributed by atoms with Crippen LogP contribution >= 0.6 is 0 Å². The molecular weight excluding hydrogens is 915 g/mol. The highest BCUT2D eigenvalue weighted by atomic mass is 16.7. The molecule has 4 aliphatic rings. The number of anilines is 1. The predicted octanol–water partition coefficient (Wildman–Crippen LogP) is 7.97. The van der Waals surface area contributed by atoms with Gasteiger partial charge in [0.1, 0.15) is 24.0 Å². The fourth-order valence-corrected chi connectivity index (χ4v) is 12.1. The molecule has 4 heterocycles. The normalized spacial score (nSPS) is 34.2. The largest absolute Gasteiger partial charge is 0.456 e. The first-order valence-corrected chi connectivity index (χ1v) is 26.5. The molecule has 1 aliphatic carbocycles. The van der Waals surface area contributed by atoms with E-state index in [0.717, 1.165) is 35.1 Å². The fraction of sp³-hybridized carbons (Fsp3) is 0.621. The predicted molar refractivity (Wildman–Crippen MR) is 277 cm³/mol. The van der Waals surface area contributed by atoms with Gasteiger partial charge in [0.25, 0.3) is 11.7 Å². The lowest BCUT2D eigenvalue weighted by atomic mass is 9.80. The second-order valence-corrected chi connectivity index (χ2v) is 21.7. The molecule has 1 amide bonds. The molecule has 3 aromatic rings. The summed E-state index contributed by atoms with van der Waals surface area (Å²) in [4.78, 5) is 60.9. The van der Waals surface area contributed by atoms with E-state index in [2.05, 4.69) is 59.0 Å². The average Bonchev–Trinajstić information content (AvgIpc) is 3.77. The summed E-state index contributed by atoms with van der Waals surface area (Å²) in [5, 5.41) is 37.0. The Labute approximate surface area is 426 Å². The van der Waals surface area contributed by atoms with Crippen LogP contribution in [0, 0.1) is 29.6 Å². The number of likely N-dealkylation sites (N-methyl/N-ethyl adjacent to an activating group) is 1. The number of nitrogens with zero attached hydrogens (tertiary/aromatic N) is 3. The molecule has 394 valence electrons. The maximum Gasteiger partial charge on any atom is 0.329 e. The molecule has 1 saturated carbocycles. The topological polar surface area (TPSA) is 177 Å². The molecule has 14 unspecified atom stereocenters. The zero-order valence-corrected chi connectivity index (χ0v) is 44.1. The van der Waals surface area contributed by atoms with Gasteiger partial charge in [0.05, 0.1) is 30.5 Å². The fourth-order valence-electron chi connectivity index (χ4n) is 12.1. The molecule has 3 fully saturated rings. The smallest absolute Gasteiger partial charge is 0.329 e. The Balaban J connectivity index is 1.14. The highest BCUT2D eigenvalue weighted by Crippen LogP contribution is 2.40. The molecule has 72 heavy (non-hydrogen) atoms. The molecule has 2 saturated heterocycles. The molecule has 14 atom stereocenters. The number of benzene rings is 2. The zero-order valence-electron chi connectivity index (χ0n) is 44.1. The first-order valence-electron chi connectivity index (χ1n) is 26.5. The van der Waals surface area contributed by atoms with Crippen LogP contribution in [0.2, 0.25) is 0 Å². The van der Waals surface area contributed by atoms with Gasteiger partial charge in [-0.05, 0) is 125 Å². The Kier molecular flexibility index (Phi) is 18.4. The number of aromatic nitrogens is 1. The van der Waals surface area contributed by atoms with Gasteiger partial charge in [0, 0.05) is 81.3 Å². The highest BCUT2D eigenvalue weighted by Gasteiger charge is 2.56. The number of allylic oxidation sites excluding steroid dienone is 3. The van der Waals surface area contributed by atoms with Crippen LogP contribution in [0.4, 0.5) is 5.69 Å². The van der Waals surface area contributed by atoms with Crippen LogP contribution < -0.4 is 4.90 Å². The number of methoxy groups -OCH3 is 2. The lowest BCUT2D eigenvalue weighted by Gasteiger charge is -2.47. The van der Waals surface area contributed by atoms with Gasteiger partial charge in [-0.15, -0.1) is 0 Å². The number of aliphatic hydroxyl groups is 3. The molecule has 3 aliphatic heterocycles. The zero-order chi connectivity index (χ0) is 52.0. The van der Waals surface area contributed by atoms with Gasteiger partial charge in [-0.1, -0.05) is 75.8 Å². The molecule has 7 rings (SSSR count). The number of amides is 1. The summed E-state index contributed by atoms with van der Waals surface area (Å²) in [6.07, 6.45) is 6.04. The number of rotatable bonds is 9. The van der Waals surface area contributed by atoms with Crippen LogP contribution in [0.25, 0.3) is 10.9 Å². The number of esters is 1. The van der Waals surface area contributed by atoms with E-state index in [1.165, 1.54) is 24.7 Å². The van der Waals surface area contributed by atoms with Crippen molar-refractivity contribution in [1.29, 1.82) is 0 Å². The molecule has 3 N–H and O–H groups in total. The number of carbonyl (C=O) groups excluding carboxylic acids is 4. The summed E-state index contributed by atoms with van der Waals surface area (Å²) in [6, 6.07) is 17.6. The lowest BCUT2D eigenvalue weighted by molar-refractivity contribution is -0.302. The van der Waals surface area contributed by atoms with E-state index in [1.54, 1.807) is 13.8 Å². The Morgan fingerprint density at radius 2 is 1.62 bits per heavy atom. The summed E-state index contributed by atoms with van der Waals surface area (Å²) in [5.74, 6) is -7.70. The first-order chi connectivity index (χ1) is 34.4. The monoisotopic (exact) mass is 996 g/mol. The molecule has 14 nitrogen and oxygen atoms in total. The van der Waals surface area contributed by atoms with Crippen LogP contribution in [-0.4, -0.2) is 131 Å². The molecule has 1 aromatic heterocycles. The van der Waals surface area contributed by atoms with Crippen molar-refractivity contribution < 1.29 is 53.4 Å². The maximum absolute atomic E-state index is 14.6. The maximum atomic E-state index is 14.6. The third kappa shape index (κ3) is 12.3. The van der Waals surface area contributed by atoms with E-state index < -0.39 is 83.9 Å². The van der Waals surface area contributed by atoms with Crippen LogP contribution in [0.3, 0.4) is 0 Å². The molecule has 14 heteroatoms. The second kappa shape index (κ2) is 24.1. The van der Waals surface area contributed by atoms with Crippen molar-refractivity contribution in [2.24, 2.45) is 29.6 Å². The van der Waals surface area contributed by atoms with Gasteiger partial charge in [-0.2, -0.15) is 0 Å². The van der Waals surface area contributed by atoms with Crippen molar-refractivity contribution >= 4 is 40.0 Å². The Bertz CT molecular complexity index is 2420. The number of aliphatic hydroxyl groups excluding tert-OH is 2. The molecular formula is C58H81N3O11. The van der Waals surface area contributed by atoms with Crippen molar-refractivity contribution in [3.05, 3.63) is 89.7 Å². The molecule has 0 radical (unpaired) electrons. The minimum Gasteiger partial charge on any atom is -0.456 e. The van der Waals surface area contributed by atoms with E-state index in [9.17, 15) is 34.5 Å². The number of Topliss-reactive ketones (excluding diaryl/α,β-unsaturated/α-hetero) is 2. The first kappa shape index (κ1) is 55.1. The van der Waals surface area contributed by atoms with E-state index in [-0.39, 0.29) is 49.5 Å². The summed E-state index contributed by atoms with van der Waals surface area (Å²) in [5.41, 5.74) is 5.02. The number of piperidine rings is 1. The minimum atomic E-state index is -2.52. The Morgan fingerprint density at radius 3 is 2.32 bits per heavy atom. The van der Waals surface area contributed by atoms with Gasteiger partial charge >= 0.3 is 5.97 Å². The van der Waals surface area contributed by atoms with E-state index >= 15 is 0 Å². The second-order valence-electron chi connectivity index (χ2n) is 21.7. The van der Waals surface area contributed by atoms with Gasteiger partial charge in [-0.25, -0.2) is 4.79 Å². The van der Waals surface area contributed by atoms with Crippen molar-refractivity contribution in [2.45, 2.75) is 173 Å². The molecule has 0 spiro atoms. The van der Waals surface area contributed by atoms with Crippen molar-refractivity contribution in [3.63, 3.8) is 0 Å². The van der Waals surface area contributed by atoms with Gasteiger partial charge in [-0.3, -0.25) is 14.4 Å². The van der Waals surface area contributed by atoms with Crippen LogP contribution in [0.5, 0.6) is 0 Å². The average molecular weight is 996 g/mol. The number of carbonyl (C=O) groups is 4. The summed E-state index contributed by atoms with van der Waals surface area (Å²) >= 11 is 0. The number of hydrogen-bond acceptors (Lipinski definition) is 12. The molecule has 2 aromatic carbocycles. The number of ketones is 2. The van der Waals surface area contributed by atoms with Crippen molar-refractivity contribution in [1.82, 2.24) is 9.47 Å². The van der Waals surface area contributed by atoms with E-state index in [0.29, 0.717) is 50.5 Å². The SMILES string of the molecule is CCC1C=C(C)CC(C)CC(OC)C2OC(O)(C(=O)C(=O)N3CCCCC3C(=O)OC(C(C)=CC3CCC(N(C)c4ccc5c(ccn5Cc5ccccc5)c4)C(O)C3)C(C)C(O)CC1=O)C(C)CC2OC. The molecule has 2 bridgehead atoms. The van der Waals surface area contributed by atoms with Gasteiger partial charge in [0.15, 0.2) is 0 Å². The van der Waals surface area contributed by atoms with Crippen LogP contribution in [0.15, 0.2) is 84.1 Å². The number of cyclic esters (lactones) is 1. The number of hydrogen-bond donors (Lipinski definition) is 3. The third-order valence-electron chi connectivity index (χ3n) is 16.5. The number of ether oxygens (including phenoxy) is 4. The minimum absolute atomic E-state index is 0.0221. The van der Waals surface area contributed by atoms with Crippen LogP contribution in [-0.2, 0) is 44.7 Å². The van der Waals surface area contributed by atoms with Gasteiger partial charge < -0.3 is 48.6 Å². The summed E-state index contributed by atoms with van der Waals surface area (Å²) in [7, 11) is 5.10. The van der Waals surface area contributed by atoms with Gasteiger partial charge in [0.2, 0.25) is 5.79 Å². The number of fused-ring (bicyclic) bond motifs is 4. The quantitative estimate of drug-likeness (QED) is 0.107. The Morgan fingerprint density at radius 1 is 0.903 bits per heavy atom. The van der Waals surface area contributed by atoms with Crippen molar-refractivity contribution in [3.8, 4) is 0 Å². The third-order valence-corrected chi connectivity index (χ3v) is 16.5. The standard InChI is InChI=1S/C58H81N3O11/c1-10-42-27-35(2)26-36(3)28-51(69-8)54-52(70-9)30-38(5)58(68,72-54)55(65)56(66)61-24-15-14-18-47(61)57(67)71-53(39(6)48(62)33-49(42)63)37(4)29-41-19-21-46(50(64)31-41)59(7)44-20-22-45-43(32-44)23-25-60(45)34-40-16-12-11-13-17-40/h11-13,16-17,20,22-23,25,27,29,32,36,38-39,41-42,46-48,50-54,62,64,68H,10,14-15,18-19,21,24,26,28,30-31,33-34H2,1-9H3. The van der Waals surface area contributed by atoms with Crippen molar-refractivity contribution in [2.75, 3.05) is 32.7 Å². The lowest BCUT2D eigenvalue weighted by Crippen LogP contribution is -2.64. The van der Waals surface area contributed by atoms with E-state index in [1.807, 2.05) is 58.2 Å². The van der Waals surface area contributed by atoms with Crippen LogP contribution in [0.1, 0.15) is 118 Å². The Hall–Kier alpha value is -4.70. The highest BCUT2D eigenvalue weighted by molar-refractivity contribution is 6.39. The summed E-state index contributed by atoms with van der Waals surface area (Å²) < 4.78 is 26.8. The van der Waals surface area contributed by atoms with E-state index in [4.69, 9.17) is 18.9 Å². The summed E-state index contributed by atoms with van der Waals surface area (Å²) in [6.45, 7) is 12.1.